The molecule has 0 aliphatic carbocycles. The average Bonchev–Trinajstić information content (AvgIpc) is 3.21. The molecule has 2 aromatic carbocycles. The number of hydrogen-bond donors (Lipinski definition) is 4. The molecule has 38 heavy (non-hydrogen) atoms. The summed E-state index contributed by atoms with van der Waals surface area (Å²) in [4.78, 5) is 24.7. The second-order valence-corrected chi connectivity index (χ2v) is 7.89. The molecule has 1 unspecified atom stereocenters. The van der Waals surface area contributed by atoms with Crippen LogP contribution in [0.4, 0.5) is 40.9 Å². The van der Waals surface area contributed by atoms with E-state index in [4.69, 9.17) is 5.73 Å². The number of rotatable bonds is 7. The maximum atomic E-state index is 14.0. The van der Waals surface area contributed by atoms with Crippen LogP contribution in [0.3, 0.4) is 0 Å². The minimum absolute atomic E-state index is 0.212. The normalized spacial score (nSPS) is 13.6. The Hall–Kier alpha value is -4.21. The molecule has 1 aromatic heterocycles. The van der Waals surface area contributed by atoms with Crippen molar-refractivity contribution in [3.8, 4) is 5.69 Å². The lowest BCUT2D eigenvalue weighted by Crippen LogP contribution is -2.59. The predicted molar refractivity (Wildman–Crippen MR) is 115 cm³/mol. The van der Waals surface area contributed by atoms with E-state index in [2.05, 4.69) is 5.10 Å². The number of aromatic nitrogens is 2. The first kappa shape index (κ1) is 28.4. The van der Waals surface area contributed by atoms with Gasteiger partial charge < -0.3 is 21.5 Å². The van der Waals surface area contributed by atoms with Gasteiger partial charge in [-0.1, -0.05) is 6.07 Å². The van der Waals surface area contributed by atoms with Gasteiger partial charge in [0.25, 0.3) is 11.8 Å². The Morgan fingerprint density at radius 2 is 1.50 bits per heavy atom. The average molecular weight is 551 g/mol. The molecule has 5 N–H and O–H groups in total. The summed E-state index contributed by atoms with van der Waals surface area (Å²) in [6.07, 6.45) is -9.83. The fraction of sp³-hybridized carbons (Fsp3) is 0.227. The van der Waals surface area contributed by atoms with Crippen molar-refractivity contribution < 1.29 is 49.8 Å². The van der Waals surface area contributed by atoms with Crippen LogP contribution in [0.2, 0.25) is 0 Å². The predicted octanol–water partition coefficient (Wildman–Crippen LogP) is 3.20. The molecule has 0 aliphatic rings. The van der Waals surface area contributed by atoms with Crippen LogP contribution in [0.1, 0.15) is 26.3 Å². The first-order valence-electron chi connectivity index (χ1n) is 10.4. The second kappa shape index (κ2) is 10.3. The van der Waals surface area contributed by atoms with Crippen LogP contribution in [0, 0.1) is 11.6 Å². The highest BCUT2D eigenvalue weighted by atomic mass is 19.4. The van der Waals surface area contributed by atoms with Gasteiger partial charge in [0, 0.05) is 0 Å². The molecule has 0 radical (unpaired) electrons. The summed E-state index contributed by atoms with van der Waals surface area (Å²) < 4.78 is 108. The molecule has 3 aromatic rings. The molecule has 8 nitrogen and oxygen atoms in total. The van der Waals surface area contributed by atoms with Crippen LogP contribution >= 0.6 is 0 Å². The number of anilines is 1. The number of carbonyl (C=O) groups is 2. The van der Waals surface area contributed by atoms with Crippen molar-refractivity contribution in [2.24, 2.45) is 0 Å². The number of nitrogens with one attached hydrogen (secondary N) is 2. The third-order valence-corrected chi connectivity index (χ3v) is 5.28. The fourth-order valence-electron chi connectivity index (χ4n) is 3.21. The van der Waals surface area contributed by atoms with Crippen molar-refractivity contribution in [2.75, 3.05) is 18.8 Å². The number of amides is 2. The number of aliphatic hydroxyl groups is 1. The van der Waals surface area contributed by atoms with Gasteiger partial charge in [-0.3, -0.25) is 9.59 Å². The van der Waals surface area contributed by atoms with E-state index in [1.54, 1.807) is 5.32 Å². The van der Waals surface area contributed by atoms with Gasteiger partial charge in [-0.2, -0.15) is 31.4 Å². The number of benzene rings is 2. The van der Waals surface area contributed by atoms with Crippen molar-refractivity contribution >= 4 is 17.6 Å². The minimum Gasteiger partial charge on any atom is -0.383 e. The van der Waals surface area contributed by atoms with Crippen molar-refractivity contribution in [1.29, 1.82) is 0 Å². The van der Waals surface area contributed by atoms with Gasteiger partial charge >= 0.3 is 12.4 Å². The zero-order valence-electron chi connectivity index (χ0n) is 18.8. The lowest BCUT2D eigenvalue weighted by Gasteiger charge is -2.31. The third-order valence-electron chi connectivity index (χ3n) is 5.28. The van der Waals surface area contributed by atoms with Crippen LogP contribution in [0.15, 0.2) is 48.7 Å². The summed E-state index contributed by atoms with van der Waals surface area (Å²) >= 11 is 0. The van der Waals surface area contributed by atoms with E-state index in [9.17, 15) is 49.8 Å². The first-order chi connectivity index (χ1) is 17.5. The quantitative estimate of drug-likeness (QED) is 0.336. The molecular formula is C22H17F8N5O3. The third kappa shape index (κ3) is 5.85. The maximum absolute atomic E-state index is 14.0. The molecule has 0 saturated heterocycles. The Labute approximate surface area is 208 Å². The second-order valence-electron chi connectivity index (χ2n) is 7.89. The molecule has 2 amide bonds. The first-order valence-corrected chi connectivity index (χ1v) is 10.4. The Balaban J connectivity index is 1.77. The smallest absolute Gasteiger partial charge is 0.383 e. The molecule has 0 aliphatic heterocycles. The highest BCUT2D eigenvalue weighted by Gasteiger charge is 2.54. The van der Waals surface area contributed by atoms with E-state index >= 15 is 0 Å². The summed E-state index contributed by atoms with van der Waals surface area (Å²) in [5.41, 5.74) is -1.62. The van der Waals surface area contributed by atoms with Gasteiger partial charge in [-0.25, -0.2) is 13.5 Å². The number of nitrogen functional groups attached to an aromatic ring is 1. The van der Waals surface area contributed by atoms with E-state index in [0.29, 0.717) is 18.2 Å². The zero-order chi connectivity index (χ0) is 28.5. The van der Waals surface area contributed by atoms with Crippen molar-refractivity contribution in [1.82, 2.24) is 20.4 Å². The topological polar surface area (TPSA) is 122 Å². The molecule has 1 atom stereocenters. The number of nitrogens with two attached hydrogens (primary N) is 1. The summed E-state index contributed by atoms with van der Waals surface area (Å²) in [6.45, 7) is -3.33. The Kier molecular flexibility index (Phi) is 7.67. The maximum Gasteiger partial charge on any atom is 0.420 e. The van der Waals surface area contributed by atoms with Crippen LogP contribution < -0.4 is 16.4 Å². The largest absolute Gasteiger partial charge is 0.420 e. The van der Waals surface area contributed by atoms with Crippen molar-refractivity contribution in [3.63, 3.8) is 0 Å². The van der Waals surface area contributed by atoms with Gasteiger partial charge in [0.2, 0.25) is 0 Å². The highest BCUT2D eigenvalue weighted by molar-refractivity contribution is 5.98. The number of halogens is 8. The standard InChI is InChI=1S/C22H17F8N5O3/c23-11-4-6-12(7-5-11)35-17(31)13(8-34-35)18(36)32-9-20(38,22(28,29)30)10-33-19(37)16-14(21(25,26)27)2-1-3-15(16)24/h1-8,38H,9-10,31H2,(H,32,36)(H,33,37). The van der Waals surface area contributed by atoms with Gasteiger partial charge in [0.1, 0.15) is 23.0 Å². The molecule has 0 spiro atoms. The molecule has 0 bridgehead atoms. The molecule has 1 heterocycles. The van der Waals surface area contributed by atoms with Crippen LogP contribution in [0.25, 0.3) is 5.69 Å². The van der Waals surface area contributed by atoms with Crippen LogP contribution in [0.5, 0.6) is 0 Å². The monoisotopic (exact) mass is 551 g/mol. The summed E-state index contributed by atoms with van der Waals surface area (Å²) in [5.74, 6) is -5.71. The number of nitrogens with zero attached hydrogens (tertiary/aromatic N) is 2. The van der Waals surface area contributed by atoms with Crippen molar-refractivity contribution in [2.45, 2.75) is 18.0 Å². The van der Waals surface area contributed by atoms with E-state index < -0.39 is 71.2 Å². The summed E-state index contributed by atoms with van der Waals surface area (Å²) in [7, 11) is 0. The number of hydrogen-bond acceptors (Lipinski definition) is 5. The molecule has 0 fully saturated rings. The molecule has 204 valence electrons. The summed E-state index contributed by atoms with van der Waals surface area (Å²) in [6, 6.07) is 6.14. The SMILES string of the molecule is Nc1c(C(=O)NCC(O)(CNC(=O)c2c(F)cccc2C(F)(F)F)C(F)(F)F)cnn1-c1ccc(F)cc1. The minimum atomic E-state index is -5.51. The molecule has 3 rings (SSSR count). The van der Waals surface area contributed by atoms with E-state index in [-0.39, 0.29) is 11.5 Å². The Bertz CT molecular complexity index is 1340. The van der Waals surface area contributed by atoms with Gasteiger partial charge in [-0.05, 0) is 36.4 Å². The van der Waals surface area contributed by atoms with E-state index in [1.807, 2.05) is 0 Å². The van der Waals surface area contributed by atoms with E-state index in [1.165, 1.54) is 17.4 Å². The van der Waals surface area contributed by atoms with Crippen LogP contribution in [-0.2, 0) is 6.18 Å². The van der Waals surface area contributed by atoms with Gasteiger partial charge in [0.15, 0.2) is 5.60 Å². The summed E-state index contributed by atoms with van der Waals surface area (Å²) in [5, 5.41) is 17.2. The molecule has 0 saturated carbocycles. The van der Waals surface area contributed by atoms with E-state index in [0.717, 1.165) is 23.0 Å². The Morgan fingerprint density at radius 1 is 0.921 bits per heavy atom. The van der Waals surface area contributed by atoms with Crippen molar-refractivity contribution in [3.05, 3.63) is 77.0 Å². The number of alkyl halides is 6. The lowest BCUT2D eigenvalue weighted by atomic mass is 10.0. The molecule has 16 heteroatoms. The highest BCUT2D eigenvalue weighted by Crippen LogP contribution is 2.34. The number of carbonyl (C=O) groups excluding carboxylic acids is 2. The molecular weight excluding hydrogens is 534 g/mol. The fourth-order valence-corrected chi connectivity index (χ4v) is 3.21. The lowest BCUT2D eigenvalue weighted by molar-refractivity contribution is -0.254. The Morgan fingerprint density at radius 3 is 2.05 bits per heavy atom. The van der Waals surface area contributed by atoms with Crippen LogP contribution in [-0.4, -0.2) is 51.6 Å². The van der Waals surface area contributed by atoms with Gasteiger partial charge in [0.05, 0.1) is 36.1 Å². The van der Waals surface area contributed by atoms with Gasteiger partial charge in [-0.15, -0.1) is 0 Å². The zero-order valence-corrected chi connectivity index (χ0v) is 18.8.